The third-order valence-corrected chi connectivity index (χ3v) is 0.904. The molecule has 0 aliphatic rings. The highest BCUT2D eigenvalue weighted by Crippen LogP contribution is 2.04. The van der Waals surface area contributed by atoms with E-state index in [1.54, 1.807) is 0 Å². The molecule has 0 fully saturated rings. The maximum absolute atomic E-state index is 10.5. The normalized spacial score (nSPS) is 16.2. The Kier molecular flexibility index (Phi) is 4.02. The van der Waals surface area contributed by atoms with E-state index >= 15 is 0 Å². The molecule has 0 aliphatic heterocycles. The molecule has 11 heavy (non-hydrogen) atoms. The van der Waals surface area contributed by atoms with Crippen LogP contribution in [0, 0.1) is 6.29 Å². The van der Waals surface area contributed by atoms with E-state index in [0.717, 1.165) is 0 Å². The van der Waals surface area contributed by atoms with E-state index in [9.17, 15) is 4.79 Å². The fraction of sp³-hybridized carbons (Fsp3) is 0.667. The molecule has 0 heterocycles. The van der Waals surface area contributed by atoms with E-state index in [1.807, 2.05) is 0 Å². The Morgan fingerprint density at radius 3 is 2.00 bits per heavy atom. The molecule has 0 spiro atoms. The SMILES string of the molecule is CC(O)[C](O)OC(=O)C(C)O. The van der Waals surface area contributed by atoms with Crippen LogP contribution < -0.4 is 0 Å². The lowest BCUT2D eigenvalue weighted by Gasteiger charge is -2.12. The van der Waals surface area contributed by atoms with Gasteiger partial charge in [-0.3, -0.25) is 0 Å². The van der Waals surface area contributed by atoms with Crippen molar-refractivity contribution in [2.45, 2.75) is 26.1 Å². The highest BCUT2D eigenvalue weighted by atomic mass is 16.7. The Labute approximate surface area is 64.2 Å². The first-order valence-corrected chi connectivity index (χ1v) is 3.08. The third kappa shape index (κ3) is 3.92. The summed E-state index contributed by atoms with van der Waals surface area (Å²) >= 11 is 0. The number of hydrogen-bond donors (Lipinski definition) is 3. The second kappa shape index (κ2) is 4.27. The molecule has 0 aliphatic carbocycles. The molecule has 5 heteroatoms. The second-order valence-corrected chi connectivity index (χ2v) is 2.11. The first-order chi connectivity index (χ1) is 4.95. The smallest absolute Gasteiger partial charge is 0.337 e. The summed E-state index contributed by atoms with van der Waals surface area (Å²) in [4.78, 5) is 10.5. The average molecular weight is 163 g/mol. The van der Waals surface area contributed by atoms with Gasteiger partial charge < -0.3 is 20.1 Å². The molecule has 0 saturated carbocycles. The zero-order valence-electron chi connectivity index (χ0n) is 6.31. The van der Waals surface area contributed by atoms with Crippen LogP contribution in [-0.2, 0) is 9.53 Å². The first kappa shape index (κ1) is 10.3. The summed E-state index contributed by atoms with van der Waals surface area (Å²) in [5.74, 6) is -0.997. The molecule has 0 bridgehead atoms. The van der Waals surface area contributed by atoms with Crippen molar-refractivity contribution in [2.24, 2.45) is 0 Å². The Morgan fingerprint density at radius 2 is 1.73 bits per heavy atom. The predicted molar refractivity (Wildman–Crippen MR) is 34.6 cm³/mol. The summed E-state index contributed by atoms with van der Waals surface area (Å²) in [6.45, 7) is 2.42. The predicted octanol–water partition coefficient (Wildman–Crippen LogP) is -0.847. The van der Waals surface area contributed by atoms with Gasteiger partial charge >= 0.3 is 12.3 Å². The number of esters is 1. The van der Waals surface area contributed by atoms with Crippen molar-refractivity contribution in [3.8, 4) is 0 Å². The zero-order chi connectivity index (χ0) is 9.02. The van der Waals surface area contributed by atoms with Crippen LogP contribution in [0.15, 0.2) is 0 Å². The number of ether oxygens (including phenoxy) is 1. The fourth-order valence-corrected chi connectivity index (χ4v) is 0.274. The molecule has 0 rings (SSSR count). The topological polar surface area (TPSA) is 87.0 Å². The fourth-order valence-electron chi connectivity index (χ4n) is 0.274. The molecule has 0 saturated heterocycles. The van der Waals surface area contributed by atoms with Gasteiger partial charge in [0.05, 0.1) is 0 Å². The Hall–Kier alpha value is -0.650. The minimum Gasteiger partial charge on any atom is -0.421 e. The van der Waals surface area contributed by atoms with Gasteiger partial charge in [0.15, 0.2) is 0 Å². The monoisotopic (exact) mass is 163 g/mol. The zero-order valence-corrected chi connectivity index (χ0v) is 6.31. The summed E-state index contributed by atoms with van der Waals surface area (Å²) in [6.07, 6.45) is -3.36. The summed E-state index contributed by atoms with van der Waals surface area (Å²) < 4.78 is 4.11. The molecule has 0 aromatic carbocycles. The Morgan fingerprint density at radius 1 is 1.27 bits per heavy atom. The van der Waals surface area contributed by atoms with Crippen molar-refractivity contribution in [2.75, 3.05) is 0 Å². The van der Waals surface area contributed by atoms with Crippen LogP contribution in [0.25, 0.3) is 0 Å². The van der Waals surface area contributed by atoms with Crippen molar-refractivity contribution in [1.82, 2.24) is 0 Å². The van der Waals surface area contributed by atoms with Gasteiger partial charge in [0.1, 0.15) is 12.2 Å². The molecule has 3 N–H and O–H groups in total. The Balaban J connectivity index is 3.76. The quantitative estimate of drug-likeness (QED) is 0.472. The molecule has 65 valence electrons. The van der Waals surface area contributed by atoms with Gasteiger partial charge in [-0.05, 0) is 13.8 Å². The van der Waals surface area contributed by atoms with Crippen LogP contribution in [0.2, 0.25) is 0 Å². The minimum absolute atomic E-state index is 0.809. The summed E-state index contributed by atoms with van der Waals surface area (Å²) in [5.41, 5.74) is 0. The lowest BCUT2D eigenvalue weighted by atomic mass is 10.4. The molecule has 0 amide bonds. The van der Waals surface area contributed by atoms with Gasteiger partial charge in [0.2, 0.25) is 0 Å². The number of hydrogen-bond acceptors (Lipinski definition) is 5. The van der Waals surface area contributed by atoms with E-state index in [2.05, 4.69) is 4.74 Å². The maximum atomic E-state index is 10.5. The highest BCUT2D eigenvalue weighted by Gasteiger charge is 2.21. The standard InChI is InChI=1S/C6H11O5/c1-3(7)5(9)11-6(10)4(2)8/h3-4,7-9H,1-2H3. The molecule has 2 atom stereocenters. The summed E-state index contributed by atoms with van der Waals surface area (Å²) in [6, 6.07) is 0. The molecular weight excluding hydrogens is 152 g/mol. The van der Waals surface area contributed by atoms with Crippen molar-refractivity contribution in [3.63, 3.8) is 0 Å². The van der Waals surface area contributed by atoms with E-state index in [0.29, 0.717) is 0 Å². The van der Waals surface area contributed by atoms with E-state index in [1.165, 1.54) is 13.8 Å². The molecule has 5 nitrogen and oxygen atoms in total. The van der Waals surface area contributed by atoms with Gasteiger partial charge in [-0.1, -0.05) is 0 Å². The van der Waals surface area contributed by atoms with Crippen LogP contribution in [0.1, 0.15) is 13.8 Å². The molecule has 0 aromatic heterocycles. The van der Waals surface area contributed by atoms with Crippen LogP contribution in [-0.4, -0.2) is 33.5 Å². The number of carbonyl (C=O) groups is 1. The van der Waals surface area contributed by atoms with Crippen molar-refractivity contribution >= 4 is 5.97 Å². The molecular formula is C6H11O5. The van der Waals surface area contributed by atoms with Gasteiger partial charge in [0.25, 0.3) is 0 Å². The number of aliphatic hydroxyl groups excluding tert-OH is 3. The highest BCUT2D eigenvalue weighted by molar-refractivity contribution is 5.74. The molecule has 0 aromatic rings. The lowest BCUT2D eigenvalue weighted by molar-refractivity contribution is -0.165. The Bertz CT molecular complexity index is 131. The number of carbonyl (C=O) groups excluding carboxylic acids is 1. The maximum Gasteiger partial charge on any atom is 0.337 e. The van der Waals surface area contributed by atoms with E-state index < -0.39 is 24.5 Å². The molecule has 1 radical (unpaired) electrons. The van der Waals surface area contributed by atoms with Gasteiger partial charge in [-0.15, -0.1) is 0 Å². The van der Waals surface area contributed by atoms with Crippen LogP contribution in [0.4, 0.5) is 0 Å². The summed E-state index contributed by atoms with van der Waals surface area (Å²) in [5, 5.41) is 25.8. The second-order valence-electron chi connectivity index (χ2n) is 2.11. The average Bonchev–Trinajstić information content (AvgIpc) is 1.87. The van der Waals surface area contributed by atoms with Crippen LogP contribution in [0.5, 0.6) is 0 Å². The van der Waals surface area contributed by atoms with Crippen molar-refractivity contribution in [3.05, 3.63) is 6.29 Å². The van der Waals surface area contributed by atoms with Gasteiger partial charge in [-0.25, -0.2) is 4.79 Å². The van der Waals surface area contributed by atoms with Crippen LogP contribution in [0.3, 0.4) is 0 Å². The third-order valence-electron chi connectivity index (χ3n) is 0.904. The minimum atomic E-state index is -1.31. The number of rotatable bonds is 3. The summed E-state index contributed by atoms with van der Waals surface area (Å²) in [7, 11) is 0. The first-order valence-electron chi connectivity index (χ1n) is 3.08. The lowest BCUT2D eigenvalue weighted by Crippen LogP contribution is -2.26. The van der Waals surface area contributed by atoms with Gasteiger partial charge in [-0.2, -0.15) is 0 Å². The van der Waals surface area contributed by atoms with Crippen molar-refractivity contribution < 1.29 is 24.9 Å². The largest absolute Gasteiger partial charge is 0.421 e. The van der Waals surface area contributed by atoms with E-state index in [4.69, 9.17) is 15.3 Å². The van der Waals surface area contributed by atoms with Gasteiger partial charge in [0, 0.05) is 0 Å². The van der Waals surface area contributed by atoms with E-state index in [-0.39, 0.29) is 0 Å². The number of aliphatic hydroxyl groups is 3. The van der Waals surface area contributed by atoms with Crippen LogP contribution >= 0.6 is 0 Å². The van der Waals surface area contributed by atoms with Crippen molar-refractivity contribution in [1.29, 1.82) is 0 Å². The molecule has 2 unspecified atom stereocenters.